The molecule has 4 fully saturated rings. The minimum atomic E-state index is -0.246. The molecule has 9 nitrogen and oxygen atoms in total. The maximum Gasteiger partial charge on any atom is 0.268 e. The van der Waals surface area contributed by atoms with Gasteiger partial charge < -0.3 is 16.0 Å². The maximum atomic E-state index is 13.5. The van der Waals surface area contributed by atoms with Gasteiger partial charge in [-0.2, -0.15) is 0 Å². The summed E-state index contributed by atoms with van der Waals surface area (Å²) < 4.78 is 0. The predicted molar refractivity (Wildman–Crippen MR) is 191 cm³/mol. The summed E-state index contributed by atoms with van der Waals surface area (Å²) in [6.45, 7) is 0. The van der Waals surface area contributed by atoms with Crippen molar-refractivity contribution in [3.05, 3.63) is 70.8 Å². The second kappa shape index (κ2) is 16.8. The molecular weight excluding hydrogens is 614 g/mol. The lowest BCUT2D eigenvalue weighted by Crippen LogP contribution is -2.49. The average molecular weight is 670 g/mol. The van der Waals surface area contributed by atoms with E-state index in [2.05, 4.69) is 16.0 Å². The SMILES string of the molecule is NN(C(=O)c1cccc(C(=O)NC2CCCCC2)c1)C1CCCC(C2CCCC(NC(=O)c3ccc(C(=O)NC4CCCCC4)cc3)C2)C1. The first-order valence-corrected chi connectivity index (χ1v) is 19.0. The lowest BCUT2D eigenvalue weighted by molar-refractivity contribution is 0.0527. The van der Waals surface area contributed by atoms with E-state index < -0.39 is 0 Å². The zero-order valence-electron chi connectivity index (χ0n) is 29.0. The van der Waals surface area contributed by atoms with Crippen molar-refractivity contribution in [1.82, 2.24) is 21.0 Å². The molecule has 0 saturated heterocycles. The van der Waals surface area contributed by atoms with Crippen molar-refractivity contribution in [3.63, 3.8) is 0 Å². The molecule has 4 aliphatic rings. The van der Waals surface area contributed by atoms with E-state index in [0.29, 0.717) is 34.1 Å². The summed E-state index contributed by atoms with van der Waals surface area (Å²) in [6.07, 6.45) is 19.0. The highest BCUT2D eigenvalue weighted by Crippen LogP contribution is 2.39. The summed E-state index contributed by atoms with van der Waals surface area (Å²) in [5, 5.41) is 11.0. The fraction of sp³-hybridized carbons (Fsp3) is 0.600. The molecule has 9 heteroatoms. The Labute approximate surface area is 291 Å². The molecule has 0 radical (unpaired) electrons. The molecule has 2 aromatic rings. The fourth-order valence-electron chi connectivity index (χ4n) is 8.85. The van der Waals surface area contributed by atoms with Gasteiger partial charge in [-0.3, -0.25) is 24.2 Å². The highest BCUT2D eigenvalue weighted by molar-refractivity contribution is 6.00. The third kappa shape index (κ3) is 9.30. The van der Waals surface area contributed by atoms with Crippen molar-refractivity contribution in [2.75, 3.05) is 0 Å². The normalized spacial score (nSPS) is 25.2. The van der Waals surface area contributed by atoms with Gasteiger partial charge in [0.15, 0.2) is 0 Å². The molecule has 0 aromatic heterocycles. The summed E-state index contributed by atoms with van der Waals surface area (Å²) in [5.41, 5.74) is 2.10. The molecule has 0 heterocycles. The maximum absolute atomic E-state index is 13.5. The monoisotopic (exact) mass is 669 g/mol. The number of nitrogens with zero attached hydrogens (tertiary/aromatic N) is 1. The van der Waals surface area contributed by atoms with E-state index in [4.69, 9.17) is 5.84 Å². The number of hydrogen-bond donors (Lipinski definition) is 4. The Hall–Kier alpha value is -3.72. The summed E-state index contributed by atoms with van der Waals surface area (Å²) >= 11 is 0. The first kappa shape index (κ1) is 35.1. The van der Waals surface area contributed by atoms with Crippen molar-refractivity contribution < 1.29 is 19.2 Å². The highest BCUT2D eigenvalue weighted by atomic mass is 16.2. The van der Waals surface area contributed by atoms with Gasteiger partial charge in [0, 0.05) is 46.4 Å². The van der Waals surface area contributed by atoms with Gasteiger partial charge >= 0.3 is 0 Å². The number of carbonyl (C=O) groups is 4. The molecule has 0 aliphatic heterocycles. The summed E-state index contributed by atoms with van der Waals surface area (Å²) in [6, 6.07) is 14.4. The molecule has 4 atom stereocenters. The first-order chi connectivity index (χ1) is 23.8. The molecular formula is C40H55N5O4. The standard InChI is InChI=1S/C40H55N5O4/c41-45(40(49)32-13-7-12-31(24-32)39(48)43-34-16-5-2-6-17-34)36-19-9-11-30(26-36)29-10-8-18-35(25-29)44-38(47)28-22-20-27(21-23-28)37(46)42-33-14-3-1-4-15-33/h7,12-13,20-24,29-30,33-36H,1-6,8-11,14-19,25-26,41H2,(H,42,46)(H,43,48)(H,44,47). The lowest BCUT2D eigenvalue weighted by Gasteiger charge is -2.41. The Morgan fingerprint density at radius 3 is 1.57 bits per heavy atom. The van der Waals surface area contributed by atoms with E-state index in [9.17, 15) is 19.2 Å². The van der Waals surface area contributed by atoms with Gasteiger partial charge in [0.1, 0.15) is 0 Å². The van der Waals surface area contributed by atoms with E-state index in [1.807, 2.05) is 0 Å². The van der Waals surface area contributed by atoms with Crippen LogP contribution in [0.5, 0.6) is 0 Å². The quantitative estimate of drug-likeness (QED) is 0.134. The largest absolute Gasteiger partial charge is 0.349 e. The average Bonchev–Trinajstić information content (AvgIpc) is 3.15. The molecule has 4 saturated carbocycles. The van der Waals surface area contributed by atoms with E-state index in [0.717, 1.165) is 103 Å². The van der Waals surface area contributed by atoms with E-state index >= 15 is 0 Å². The van der Waals surface area contributed by atoms with Gasteiger partial charge in [-0.05, 0) is 106 Å². The van der Waals surface area contributed by atoms with Crippen LogP contribution in [0.1, 0.15) is 157 Å². The summed E-state index contributed by atoms with van der Waals surface area (Å²) in [7, 11) is 0. The Bertz CT molecular complexity index is 1450. The van der Waals surface area contributed by atoms with E-state index in [-0.39, 0.29) is 47.8 Å². The molecule has 2 aromatic carbocycles. The molecule has 49 heavy (non-hydrogen) atoms. The molecule has 4 aliphatic carbocycles. The van der Waals surface area contributed by atoms with Crippen molar-refractivity contribution >= 4 is 23.6 Å². The van der Waals surface area contributed by atoms with Crippen LogP contribution in [0.15, 0.2) is 48.5 Å². The molecule has 5 N–H and O–H groups in total. The highest BCUT2D eigenvalue weighted by Gasteiger charge is 2.35. The van der Waals surface area contributed by atoms with Crippen LogP contribution in [0.2, 0.25) is 0 Å². The second-order valence-corrected chi connectivity index (χ2v) is 15.2. The summed E-state index contributed by atoms with van der Waals surface area (Å²) in [5.74, 6) is 6.89. The van der Waals surface area contributed by atoms with Crippen LogP contribution in [0.4, 0.5) is 0 Å². The third-order valence-electron chi connectivity index (χ3n) is 11.7. The zero-order chi connectivity index (χ0) is 34.2. The molecule has 0 bridgehead atoms. The van der Waals surface area contributed by atoms with Crippen LogP contribution in [0.25, 0.3) is 0 Å². The van der Waals surface area contributed by atoms with Crippen molar-refractivity contribution in [2.24, 2.45) is 17.7 Å². The third-order valence-corrected chi connectivity index (χ3v) is 11.7. The predicted octanol–water partition coefficient (Wildman–Crippen LogP) is 6.68. The van der Waals surface area contributed by atoms with Gasteiger partial charge in [0.2, 0.25) is 0 Å². The number of carbonyl (C=O) groups excluding carboxylic acids is 4. The van der Waals surface area contributed by atoms with Crippen molar-refractivity contribution in [2.45, 2.75) is 140 Å². The smallest absolute Gasteiger partial charge is 0.268 e. The van der Waals surface area contributed by atoms with E-state index in [1.165, 1.54) is 17.9 Å². The Morgan fingerprint density at radius 1 is 0.510 bits per heavy atom. The zero-order valence-corrected chi connectivity index (χ0v) is 29.0. The molecule has 264 valence electrons. The number of hydrazine groups is 1. The summed E-state index contributed by atoms with van der Waals surface area (Å²) in [4.78, 5) is 52.4. The minimum Gasteiger partial charge on any atom is -0.349 e. The van der Waals surface area contributed by atoms with Gasteiger partial charge in [-0.1, -0.05) is 70.3 Å². The number of benzene rings is 2. The topological polar surface area (TPSA) is 134 Å². The number of nitrogens with one attached hydrogen (secondary N) is 3. The van der Waals surface area contributed by atoms with Crippen LogP contribution in [-0.2, 0) is 0 Å². The second-order valence-electron chi connectivity index (χ2n) is 15.2. The van der Waals surface area contributed by atoms with Crippen LogP contribution >= 0.6 is 0 Å². The van der Waals surface area contributed by atoms with Crippen LogP contribution in [0, 0.1) is 11.8 Å². The lowest BCUT2D eigenvalue weighted by atomic mass is 9.71. The molecule has 4 unspecified atom stereocenters. The molecule has 4 amide bonds. The van der Waals surface area contributed by atoms with Crippen molar-refractivity contribution in [3.8, 4) is 0 Å². The molecule has 0 spiro atoms. The van der Waals surface area contributed by atoms with Crippen LogP contribution in [-0.4, -0.2) is 52.8 Å². The molecule has 6 rings (SSSR count). The number of hydrogen-bond acceptors (Lipinski definition) is 5. The Morgan fingerprint density at radius 2 is 0.980 bits per heavy atom. The first-order valence-electron chi connectivity index (χ1n) is 19.0. The van der Waals surface area contributed by atoms with Gasteiger partial charge in [0.05, 0.1) is 0 Å². The van der Waals surface area contributed by atoms with E-state index in [1.54, 1.807) is 48.5 Å². The van der Waals surface area contributed by atoms with Gasteiger partial charge in [-0.25, -0.2) is 5.84 Å². The van der Waals surface area contributed by atoms with Gasteiger partial charge in [-0.15, -0.1) is 0 Å². The van der Waals surface area contributed by atoms with Gasteiger partial charge in [0.25, 0.3) is 23.6 Å². The van der Waals surface area contributed by atoms with Crippen LogP contribution < -0.4 is 21.8 Å². The van der Waals surface area contributed by atoms with Crippen LogP contribution in [0.3, 0.4) is 0 Å². The number of rotatable bonds is 9. The number of nitrogens with two attached hydrogens (primary N) is 1. The Kier molecular flexibility index (Phi) is 12.0. The van der Waals surface area contributed by atoms with Crippen molar-refractivity contribution in [1.29, 1.82) is 0 Å². The fourth-order valence-corrected chi connectivity index (χ4v) is 8.85. The Balaban J connectivity index is 0.994. The minimum absolute atomic E-state index is 0.0604. The number of amides is 4.